The Morgan fingerprint density at radius 1 is 1.02 bits per heavy atom. The van der Waals surface area contributed by atoms with E-state index in [-0.39, 0.29) is 25.0 Å². The molecule has 7 rings (SSSR count). The number of carbonyl (C=O) groups is 3. The number of hydrogen-bond donors (Lipinski definition) is 2. The maximum absolute atomic E-state index is 14.2. The lowest BCUT2D eigenvalue weighted by molar-refractivity contribution is -0.141. The van der Waals surface area contributed by atoms with Crippen LogP contribution in [-0.2, 0) is 19.1 Å². The molecule has 1 aromatic heterocycles. The summed E-state index contributed by atoms with van der Waals surface area (Å²) >= 11 is 7.04. The SMILES string of the molecule is CC(C)(C)[C@H](NC(=O)OC1C[C@@H]2C[C@@H]2C1)C(=O)N1C[C@H](Oc2cc(C3CCCCC3)nc3c(Cl)c(OCCN4CCOCC4)ccc23)C[C@H]1C(N)=O. The van der Waals surface area contributed by atoms with Gasteiger partial charge >= 0.3 is 6.09 Å². The zero-order chi connectivity index (χ0) is 36.6. The molecule has 3 N–H and O–H groups in total. The molecular formula is C39H54ClN5O7. The van der Waals surface area contributed by atoms with Gasteiger partial charge in [-0.1, -0.05) is 51.6 Å². The van der Waals surface area contributed by atoms with Crippen molar-refractivity contribution in [3.63, 3.8) is 0 Å². The number of nitrogens with two attached hydrogens (primary N) is 1. The third kappa shape index (κ3) is 8.39. The summed E-state index contributed by atoms with van der Waals surface area (Å²) in [5.41, 5.74) is 6.77. The number of pyridine rings is 1. The fraction of sp³-hybridized carbons (Fsp3) is 0.692. The fourth-order valence-electron chi connectivity index (χ4n) is 8.60. The number of alkyl carbamates (subject to hydrolysis) is 1. The maximum atomic E-state index is 14.2. The Morgan fingerprint density at radius 2 is 1.75 bits per heavy atom. The van der Waals surface area contributed by atoms with Crippen molar-refractivity contribution in [1.29, 1.82) is 0 Å². The van der Waals surface area contributed by atoms with Crippen LogP contribution in [0.5, 0.6) is 11.5 Å². The molecule has 6 atom stereocenters. The second-order valence-electron chi connectivity index (χ2n) is 16.5. The Hall–Kier alpha value is -3.35. The summed E-state index contributed by atoms with van der Waals surface area (Å²) in [7, 11) is 0. The standard InChI is InChI=1S/C39H54ClN5O7/c1-39(2,3)35(43-38(48)52-26-18-24-17-25(24)19-26)37(47)45-22-27(20-30(45)36(41)46)51-32-21-29(23-7-5-4-6-8-23)42-34-28(32)9-10-31(33(34)40)50-16-13-44-11-14-49-15-12-44/h9-10,21,23-27,30,35H,4-8,11-20,22H2,1-3H3,(H2,41,46)(H,43,48)/t24-,25+,26?,27-,30+,35-/m1/s1. The monoisotopic (exact) mass is 739 g/mol. The molecule has 13 heteroatoms. The first kappa shape index (κ1) is 37.0. The Labute approximate surface area is 311 Å². The van der Waals surface area contributed by atoms with Crippen molar-refractivity contribution in [2.24, 2.45) is 23.0 Å². The van der Waals surface area contributed by atoms with E-state index in [2.05, 4.69) is 10.2 Å². The average molecular weight is 740 g/mol. The highest BCUT2D eigenvalue weighted by Crippen LogP contribution is 2.52. The van der Waals surface area contributed by atoms with Crippen LogP contribution in [0, 0.1) is 17.3 Å². The number of rotatable bonds is 11. The van der Waals surface area contributed by atoms with E-state index in [0.29, 0.717) is 40.5 Å². The summed E-state index contributed by atoms with van der Waals surface area (Å²) in [6.45, 7) is 10.2. The first-order valence-corrected chi connectivity index (χ1v) is 19.6. The van der Waals surface area contributed by atoms with Gasteiger partial charge in [-0.25, -0.2) is 4.79 Å². The number of benzene rings is 1. The van der Waals surface area contributed by atoms with Crippen LogP contribution in [0.15, 0.2) is 18.2 Å². The number of nitrogens with zero attached hydrogens (tertiary/aromatic N) is 3. The number of fused-ring (bicyclic) bond motifs is 2. The minimum atomic E-state index is -0.934. The number of hydrogen-bond acceptors (Lipinski definition) is 9. The molecule has 284 valence electrons. The number of primary amides is 1. The molecular weight excluding hydrogens is 686 g/mol. The van der Waals surface area contributed by atoms with Crippen LogP contribution < -0.4 is 20.5 Å². The molecule has 2 aliphatic heterocycles. The van der Waals surface area contributed by atoms with Gasteiger partial charge in [-0.15, -0.1) is 0 Å². The van der Waals surface area contributed by atoms with E-state index in [9.17, 15) is 14.4 Å². The number of ether oxygens (including phenoxy) is 4. The van der Waals surface area contributed by atoms with Gasteiger partial charge in [-0.05, 0) is 61.5 Å². The molecule has 3 aliphatic carbocycles. The maximum Gasteiger partial charge on any atom is 0.408 e. The van der Waals surface area contributed by atoms with E-state index >= 15 is 0 Å². The molecule has 5 aliphatic rings. The molecule has 3 amide bonds. The molecule has 3 heterocycles. The highest BCUT2D eigenvalue weighted by molar-refractivity contribution is 6.36. The van der Waals surface area contributed by atoms with Crippen LogP contribution in [0.4, 0.5) is 4.79 Å². The first-order chi connectivity index (χ1) is 24.9. The van der Waals surface area contributed by atoms with Gasteiger partial charge in [0.05, 0.1) is 25.3 Å². The second-order valence-corrected chi connectivity index (χ2v) is 16.9. The normalized spacial score (nSPS) is 27.2. The number of halogens is 1. The molecule has 12 nitrogen and oxygen atoms in total. The molecule has 3 saturated carbocycles. The fourth-order valence-corrected chi connectivity index (χ4v) is 8.86. The molecule has 2 aromatic rings. The highest BCUT2D eigenvalue weighted by Gasteiger charge is 2.48. The topological polar surface area (TPSA) is 146 Å². The quantitative estimate of drug-likeness (QED) is 0.309. The number of amides is 3. The van der Waals surface area contributed by atoms with Gasteiger partial charge in [0.1, 0.15) is 47.4 Å². The lowest BCUT2D eigenvalue weighted by atomic mass is 9.85. The van der Waals surface area contributed by atoms with Gasteiger partial charge in [0.25, 0.3) is 0 Å². The number of morpholine rings is 1. The molecule has 0 spiro atoms. The van der Waals surface area contributed by atoms with E-state index in [1.807, 2.05) is 39.0 Å². The van der Waals surface area contributed by atoms with E-state index < -0.39 is 41.5 Å². The number of aromatic nitrogens is 1. The highest BCUT2D eigenvalue weighted by atomic mass is 35.5. The predicted molar refractivity (Wildman–Crippen MR) is 197 cm³/mol. The lowest BCUT2D eigenvalue weighted by Crippen LogP contribution is -2.57. The van der Waals surface area contributed by atoms with E-state index in [0.717, 1.165) is 82.5 Å². The Morgan fingerprint density at radius 3 is 2.44 bits per heavy atom. The van der Waals surface area contributed by atoms with Crippen LogP contribution in [0.2, 0.25) is 5.02 Å². The molecule has 0 bridgehead atoms. The van der Waals surface area contributed by atoms with Crippen molar-refractivity contribution >= 4 is 40.4 Å². The Kier molecular flexibility index (Phi) is 11.1. The summed E-state index contributed by atoms with van der Waals surface area (Å²) in [5, 5.41) is 4.00. The molecule has 1 aromatic carbocycles. The third-order valence-corrected chi connectivity index (χ3v) is 12.0. The molecule has 52 heavy (non-hydrogen) atoms. The van der Waals surface area contributed by atoms with Crippen LogP contribution in [0.3, 0.4) is 0 Å². The summed E-state index contributed by atoms with van der Waals surface area (Å²) in [5.74, 6) is 1.74. The molecule has 0 radical (unpaired) electrons. The van der Waals surface area contributed by atoms with E-state index in [1.54, 1.807) is 0 Å². The summed E-state index contributed by atoms with van der Waals surface area (Å²) < 4.78 is 24.1. The van der Waals surface area contributed by atoms with E-state index in [1.165, 1.54) is 17.7 Å². The minimum absolute atomic E-state index is 0.123. The third-order valence-electron chi connectivity index (χ3n) is 11.7. The Bertz CT molecular complexity index is 1630. The van der Waals surface area contributed by atoms with Gasteiger partial charge in [-0.3, -0.25) is 19.5 Å². The van der Waals surface area contributed by atoms with Gasteiger partial charge in [0.15, 0.2) is 0 Å². The summed E-state index contributed by atoms with van der Waals surface area (Å²) in [4.78, 5) is 48.9. The second kappa shape index (κ2) is 15.6. The number of carbonyl (C=O) groups excluding carboxylic acids is 3. The predicted octanol–water partition coefficient (Wildman–Crippen LogP) is 5.42. The molecule has 1 unspecified atom stereocenters. The average Bonchev–Trinajstić information content (AvgIpc) is 3.50. The van der Waals surface area contributed by atoms with Crippen molar-refractivity contribution in [1.82, 2.24) is 20.1 Å². The largest absolute Gasteiger partial charge is 0.491 e. The lowest BCUT2D eigenvalue weighted by Gasteiger charge is -2.35. The van der Waals surface area contributed by atoms with Crippen LogP contribution in [0.1, 0.15) is 90.2 Å². The molecule has 5 fully saturated rings. The van der Waals surface area contributed by atoms with Crippen molar-refractivity contribution in [2.45, 2.75) is 109 Å². The van der Waals surface area contributed by atoms with Crippen LogP contribution in [0.25, 0.3) is 10.9 Å². The zero-order valence-corrected chi connectivity index (χ0v) is 31.5. The first-order valence-electron chi connectivity index (χ1n) is 19.2. The van der Waals surface area contributed by atoms with Gasteiger partial charge in [-0.2, -0.15) is 0 Å². The Balaban J connectivity index is 1.10. The molecule has 2 saturated heterocycles. The van der Waals surface area contributed by atoms with Gasteiger partial charge < -0.3 is 34.9 Å². The summed E-state index contributed by atoms with van der Waals surface area (Å²) in [6, 6.07) is 3.93. The number of nitrogens with one attached hydrogen (secondary N) is 1. The van der Waals surface area contributed by atoms with Crippen LogP contribution in [-0.4, -0.2) is 103 Å². The minimum Gasteiger partial charge on any atom is -0.491 e. The zero-order valence-electron chi connectivity index (χ0n) is 30.7. The van der Waals surface area contributed by atoms with E-state index in [4.69, 9.17) is 41.3 Å². The van der Waals surface area contributed by atoms with Crippen molar-refractivity contribution in [3.8, 4) is 11.5 Å². The van der Waals surface area contributed by atoms with Gasteiger partial charge in [0, 0.05) is 49.1 Å². The van der Waals surface area contributed by atoms with Crippen molar-refractivity contribution in [2.75, 3.05) is 46.0 Å². The van der Waals surface area contributed by atoms with Gasteiger partial charge in [0.2, 0.25) is 11.8 Å². The summed E-state index contributed by atoms with van der Waals surface area (Å²) in [6.07, 6.45) is 7.46. The number of likely N-dealkylation sites (tertiary alicyclic amines) is 1. The smallest absolute Gasteiger partial charge is 0.408 e. The van der Waals surface area contributed by atoms with Crippen molar-refractivity contribution < 1.29 is 33.3 Å². The van der Waals surface area contributed by atoms with Crippen molar-refractivity contribution in [3.05, 3.63) is 28.9 Å². The van der Waals surface area contributed by atoms with Crippen LogP contribution >= 0.6 is 11.6 Å².